The van der Waals surface area contributed by atoms with Crippen LogP contribution in [0.1, 0.15) is 5.56 Å². The number of halogens is 4. The van der Waals surface area contributed by atoms with Gasteiger partial charge in [0.25, 0.3) is 5.91 Å². The summed E-state index contributed by atoms with van der Waals surface area (Å²) in [4.78, 5) is 11.7. The van der Waals surface area contributed by atoms with Crippen molar-refractivity contribution in [3.05, 3.63) is 58.6 Å². The number of benzene rings is 2. The molecular weight excluding hydrogens is 403 g/mol. The third-order valence-corrected chi connectivity index (χ3v) is 3.53. The molecule has 1 N–H and O–H groups in total. The number of carbonyl (C=O) groups excluding carboxylic acids is 1. The largest absolute Gasteiger partial charge is 0.484 e. The lowest BCUT2D eigenvalue weighted by molar-refractivity contribution is -0.153. The zero-order chi connectivity index (χ0) is 18.3. The highest BCUT2D eigenvalue weighted by Gasteiger charge is 2.28. The van der Waals surface area contributed by atoms with E-state index in [4.69, 9.17) is 4.74 Å². The molecule has 0 aliphatic rings. The molecule has 2 aromatic rings. The molecule has 0 spiro atoms. The van der Waals surface area contributed by atoms with Gasteiger partial charge >= 0.3 is 6.18 Å². The summed E-state index contributed by atoms with van der Waals surface area (Å²) in [7, 11) is 0. The van der Waals surface area contributed by atoms with Crippen LogP contribution in [0.2, 0.25) is 0 Å². The summed E-state index contributed by atoms with van der Waals surface area (Å²) in [5.41, 5.74) is 0.733. The average molecular weight is 418 g/mol. The second-order valence-corrected chi connectivity index (χ2v) is 5.98. The van der Waals surface area contributed by atoms with Gasteiger partial charge in [-0.1, -0.05) is 28.1 Å². The van der Waals surface area contributed by atoms with Crippen molar-refractivity contribution in [1.29, 1.82) is 0 Å². The molecule has 25 heavy (non-hydrogen) atoms. The predicted octanol–water partition coefficient (Wildman–Crippen LogP) is 4.09. The maximum atomic E-state index is 12.1. The molecule has 0 unspecified atom stereocenters. The standard InChI is InChI=1S/C17H15BrF3NO3/c18-13-3-7-14(8-4-13)24-10-16(23)22-9-12-1-5-15(6-2-12)25-11-17(19,20)21/h1-8H,9-11H2,(H,22,23). The van der Waals surface area contributed by atoms with Gasteiger partial charge in [0.15, 0.2) is 13.2 Å². The molecule has 0 atom stereocenters. The van der Waals surface area contributed by atoms with E-state index < -0.39 is 12.8 Å². The van der Waals surface area contributed by atoms with E-state index in [1.54, 1.807) is 36.4 Å². The zero-order valence-corrected chi connectivity index (χ0v) is 14.6. The van der Waals surface area contributed by atoms with Crippen molar-refractivity contribution < 1.29 is 27.4 Å². The second kappa shape index (κ2) is 8.75. The molecule has 0 saturated carbocycles. The van der Waals surface area contributed by atoms with Crippen LogP contribution in [0.5, 0.6) is 11.5 Å². The minimum atomic E-state index is -4.37. The fraction of sp³-hybridized carbons (Fsp3) is 0.235. The number of amides is 1. The van der Waals surface area contributed by atoms with E-state index in [-0.39, 0.29) is 24.8 Å². The summed E-state index contributed by atoms with van der Waals surface area (Å²) in [5.74, 6) is 0.385. The Morgan fingerprint density at radius 3 is 2.12 bits per heavy atom. The van der Waals surface area contributed by atoms with Gasteiger partial charge in [-0.15, -0.1) is 0 Å². The van der Waals surface area contributed by atoms with Crippen molar-refractivity contribution in [2.24, 2.45) is 0 Å². The predicted molar refractivity (Wildman–Crippen MR) is 89.5 cm³/mol. The topological polar surface area (TPSA) is 47.6 Å². The highest BCUT2D eigenvalue weighted by molar-refractivity contribution is 9.10. The zero-order valence-electron chi connectivity index (χ0n) is 13.0. The number of hydrogen-bond acceptors (Lipinski definition) is 3. The summed E-state index contributed by atoms with van der Waals surface area (Å²) in [6.45, 7) is -1.23. The van der Waals surface area contributed by atoms with Gasteiger partial charge in [-0.3, -0.25) is 4.79 Å². The molecule has 0 saturated heterocycles. The molecule has 0 aromatic heterocycles. The summed E-state index contributed by atoms with van der Waals surface area (Å²) in [6, 6.07) is 13.1. The quantitative estimate of drug-likeness (QED) is 0.737. The maximum absolute atomic E-state index is 12.1. The Morgan fingerprint density at radius 1 is 0.960 bits per heavy atom. The van der Waals surface area contributed by atoms with Crippen LogP contribution in [0.25, 0.3) is 0 Å². The summed E-state index contributed by atoms with van der Waals surface area (Å²) in [5, 5.41) is 2.66. The Balaban J connectivity index is 1.73. The van der Waals surface area contributed by atoms with Crippen LogP contribution in [0.15, 0.2) is 53.0 Å². The number of carbonyl (C=O) groups is 1. The molecule has 134 valence electrons. The van der Waals surface area contributed by atoms with Crippen LogP contribution in [-0.2, 0) is 11.3 Å². The number of hydrogen-bond donors (Lipinski definition) is 1. The van der Waals surface area contributed by atoms with Crippen LogP contribution in [0.3, 0.4) is 0 Å². The molecule has 2 rings (SSSR count). The third-order valence-electron chi connectivity index (χ3n) is 3.00. The minimum absolute atomic E-state index is 0.117. The van der Waals surface area contributed by atoms with Gasteiger partial charge in [0.1, 0.15) is 11.5 Å². The number of ether oxygens (including phenoxy) is 2. The third kappa shape index (κ3) is 7.47. The van der Waals surface area contributed by atoms with E-state index in [9.17, 15) is 18.0 Å². The van der Waals surface area contributed by atoms with Crippen LogP contribution in [0, 0.1) is 0 Å². The van der Waals surface area contributed by atoms with Gasteiger partial charge in [0, 0.05) is 11.0 Å². The summed E-state index contributed by atoms with van der Waals surface area (Å²) < 4.78 is 47.0. The van der Waals surface area contributed by atoms with Gasteiger partial charge in [0.2, 0.25) is 0 Å². The number of nitrogens with one attached hydrogen (secondary N) is 1. The Bertz CT molecular complexity index is 688. The molecule has 0 bridgehead atoms. The lowest BCUT2D eigenvalue weighted by Gasteiger charge is -2.10. The smallest absolute Gasteiger partial charge is 0.422 e. The van der Waals surface area contributed by atoms with Gasteiger partial charge < -0.3 is 14.8 Å². The summed E-state index contributed by atoms with van der Waals surface area (Å²) in [6.07, 6.45) is -4.37. The number of rotatable bonds is 7. The normalized spacial score (nSPS) is 11.0. The van der Waals surface area contributed by atoms with Crippen molar-refractivity contribution >= 4 is 21.8 Å². The second-order valence-electron chi connectivity index (χ2n) is 5.07. The van der Waals surface area contributed by atoms with Crippen LogP contribution >= 0.6 is 15.9 Å². The minimum Gasteiger partial charge on any atom is -0.484 e. The summed E-state index contributed by atoms with van der Waals surface area (Å²) >= 11 is 3.30. The molecule has 0 aliphatic carbocycles. The van der Waals surface area contributed by atoms with Crippen molar-refractivity contribution in [2.45, 2.75) is 12.7 Å². The molecule has 0 heterocycles. The molecule has 0 radical (unpaired) electrons. The van der Waals surface area contributed by atoms with E-state index in [0.717, 1.165) is 10.0 Å². The number of alkyl halides is 3. The molecular formula is C17H15BrF3NO3. The van der Waals surface area contributed by atoms with E-state index in [2.05, 4.69) is 26.0 Å². The molecule has 2 aromatic carbocycles. The van der Waals surface area contributed by atoms with Gasteiger partial charge in [0.05, 0.1) is 0 Å². The lowest BCUT2D eigenvalue weighted by atomic mass is 10.2. The first-order valence-electron chi connectivity index (χ1n) is 7.25. The Hall–Kier alpha value is -2.22. The Morgan fingerprint density at radius 2 is 1.52 bits per heavy atom. The molecule has 0 aliphatic heterocycles. The Kier molecular flexibility index (Phi) is 6.69. The van der Waals surface area contributed by atoms with Crippen molar-refractivity contribution in [2.75, 3.05) is 13.2 Å². The van der Waals surface area contributed by atoms with Crippen LogP contribution in [-0.4, -0.2) is 25.3 Å². The fourth-order valence-electron chi connectivity index (χ4n) is 1.80. The van der Waals surface area contributed by atoms with Gasteiger partial charge in [-0.25, -0.2) is 0 Å². The highest BCUT2D eigenvalue weighted by Crippen LogP contribution is 2.19. The van der Waals surface area contributed by atoms with Gasteiger partial charge in [-0.2, -0.15) is 13.2 Å². The van der Waals surface area contributed by atoms with Crippen molar-refractivity contribution in [3.8, 4) is 11.5 Å². The first-order valence-corrected chi connectivity index (χ1v) is 8.05. The fourth-order valence-corrected chi connectivity index (χ4v) is 2.06. The van der Waals surface area contributed by atoms with Crippen molar-refractivity contribution in [1.82, 2.24) is 5.32 Å². The average Bonchev–Trinajstić information content (AvgIpc) is 2.58. The molecule has 0 fully saturated rings. The lowest BCUT2D eigenvalue weighted by Crippen LogP contribution is -2.28. The van der Waals surface area contributed by atoms with Crippen LogP contribution < -0.4 is 14.8 Å². The van der Waals surface area contributed by atoms with E-state index in [1.807, 2.05) is 0 Å². The van der Waals surface area contributed by atoms with Crippen molar-refractivity contribution in [3.63, 3.8) is 0 Å². The highest BCUT2D eigenvalue weighted by atomic mass is 79.9. The van der Waals surface area contributed by atoms with Crippen LogP contribution in [0.4, 0.5) is 13.2 Å². The molecule has 1 amide bonds. The maximum Gasteiger partial charge on any atom is 0.422 e. The SMILES string of the molecule is O=C(COc1ccc(Br)cc1)NCc1ccc(OCC(F)(F)F)cc1. The van der Waals surface area contributed by atoms with E-state index >= 15 is 0 Å². The first-order chi connectivity index (χ1) is 11.8. The van der Waals surface area contributed by atoms with E-state index in [1.165, 1.54) is 12.1 Å². The van der Waals surface area contributed by atoms with Gasteiger partial charge in [-0.05, 0) is 42.0 Å². The monoisotopic (exact) mass is 417 g/mol. The van der Waals surface area contributed by atoms with E-state index in [0.29, 0.717) is 5.75 Å². The Labute approximate surface area is 151 Å². The molecule has 4 nitrogen and oxygen atoms in total. The first kappa shape index (κ1) is 19.1. The molecule has 8 heteroatoms.